The maximum absolute atomic E-state index is 11.7. The van der Waals surface area contributed by atoms with E-state index in [0.717, 1.165) is 0 Å². The molecule has 1 rings (SSSR count). The van der Waals surface area contributed by atoms with Gasteiger partial charge in [0.1, 0.15) is 5.75 Å². The summed E-state index contributed by atoms with van der Waals surface area (Å²) in [7, 11) is 0. The highest BCUT2D eigenvalue weighted by atomic mass is 32.1. The summed E-state index contributed by atoms with van der Waals surface area (Å²) in [6, 6.07) is 5.64. The molecule has 1 aromatic rings. The van der Waals surface area contributed by atoms with Crippen LogP contribution < -0.4 is 0 Å². The van der Waals surface area contributed by atoms with Crippen molar-refractivity contribution in [3.8, 4) is 5.75 Å². The third kappa shape index (κ3) is 6.78. The van der Waals surface area contributed by atoms with Crippen LogP contribution in [0.3, 0.4) is 0 Å². The van der Waals surface area contributed by atoms with Crippen LogP contribution in [0.15, 0.2) is 53.2 Å². The van der Waals surface area contributed by atoms with Crippen molar-refractivity contribution >= 4 is 24.8 Å². The molecule has 0 aliphatic heterocycles. The fraction of sp³-hybridized carbons (Fsp3) is 0.200. The monoisotopic (exact) mass is 307 g/mol. The van der Waals surface area contributed by atoms with E-state index < -0.39 is 12.1 Å². The molecular formula is C15H17NO4S. The zero-order chi connectivity index (χ0) is 15.7. The average molecular weight is 307 g/mol. The number of oxime groups is 1. The highest BCUT2D eigenvalue weighted by Crippen LogP contribution is 2.10. The summed E-state index contributed by atoms with van der Waals surface area (Å²) in [6.07, 6.45) is 5.75. The summed E-state index contributed by atoms with van der Waals surface area (Å²) in [6.45, 7) is 1.62. The zero-order valence-corrected chi connectivity index (χ0v) is 12.4. The van der Waals surface area contributed by atoms with E-state index in [9.17, 15) is 9.90 Å². The van der Waals surface area contributed by atoms with Gasteiger partial charge >= 0.3 is 5.97 Å². The number of carbonyl (C=O) groups excluding carboxylic acids is 1. The number of phenolic OH excluding ortho intramolecular Hbond substituents is 1. The van der Waals surface area contributed by atoms with E-state index in [2.05, 4.69) is 17.8 Å². The Labute approximate surface area is 128 Å². The molecule has 0 aliphatic rings. The molecule has 0 saturated carbocycles. The molecule has 1 aromatic carbocycles. The summed E-state index contributed by atoms with van der Waals surface area (Å²) in [5, 5.41) is 21.9. The van der Waals surface area contributed by atoms with Gasteiger partial charge in [0.15, 0.2) is 0 Å². The van der Waals surface area contributed by atoms with Crippen molar-refractivity contribution in [1.29, 1.82) is 0 Å². The lowest BCUT2D eigenvalue weighted by Crippen LogP contribution is -2.00. The Bertz CT molecular complexity index is 547. The lowest BCUT2D eigenvalue weighted by atomic mass is 10.2. The van der Waals surface area contributed by atoms with Gasteiger partial charge in [-0.25, -0.2) is 4.79 Å². The molecule has 0 amide bonds. The molecule has 0 bridgehead atoms. The predicted molar refractivity (Wildman–Crippen MR) is 84.8 cm³/mol. The predicted octanol–water partition coefficient (Wildman–Crippen LogP) is 2.33. The Balaban J connectivity index is 2.64. The second kappa shape index (κ2) is 8.99. The molecule has 6 heteroatoms. The fourth-order valence-corrected chi connectivity index (χ4v) is 1.52. The first kappa shape index (κ1) is 17.0. The number of aliphatic hydroxyl groups is 1. The van der Waals surface area contributed by atoms with Gasteiger partial charge in [0.05, 0.1) is 17.9 Å². The Morgan fingerprint density at radius 2 is 2.10 bits per heavy atom. The number of allylic oxidation sites excluding steroid dienone is 2. The second-order valence-electron chi connectivity index (χ2n) is 4.15. The minimum atomic E-state index is -0.629. The molecule has 0 saturated heterocycles. The van der Waals surface area contributed by atoms with Gasteiger partial charge in [-0.05, 0) is 36.8 Å². The molecule has 21 heavy (non-hydrogen) atoms. The minimum absolute atomic E-state index is 0.0670. The van der Waals surface area contributed by atoms with Crippen molar-refractivity contribution in [2.24, 2.45) is 5.16 Å². The molecule has 0 heterocycles. The van der Waals surface area contributed by atoms with Crippen molar-refractivity contribution in [2.45, 2.75) is 13.0 Å². The molecule has 0 aromatic heterocycles. The Morgan fingerprint density at radius 3 is 2.67 bits per heavy atom. The minimum Gasteiger partial charge on any atom is -0.508 e. The number of rotatable bonds is 6. The normalized spacial score (nSPS) is 13.8. The van der Waals surface area contributed by atoms with Crippen LogP contribution in [0.1, 0.15) is 17.3 Å². The molecule has 1 atom stereocenters. The van der Waals surface area contributed by atoms with E-state index in [4.69, 9.17) is 9.94 Å². The third-order valence-electron chi connectivity index (χ3n) is 2.33. The number of phenols is 1. The largest absolute Gasteiger partial charge is 0.508 e. The van der Waals surface area contributed by atoms with Crippen LogP contribution in [-0.2, 0) is 4.84 Å². The Hall–Kier alpha value is -2.05. The lowest BCUT2D eigenvalue weighted by molar-refractivity contribution is 0.0519. The van der Waals surface area contributed by atoms with Gasteiger partial charge in [0.25, 0.3) is 0 Å². The van der Waals surface area contributed by atoms with Crippen molar-refractivity contribution in [3.05, 3.63) is 53.6 Å². The highest BCUT2D eigenvalue weighted by Gasteiger charge is 2.06. The van der Waals surface area contributed by atoms with E-state index in [0.29, 0.717) is 11.3 Å². The van der Waals surface area contributed by atoms with Crippen LogP contribution in [0.25, 0.3) is 0 Å². The van der Waals surface area contributed by atoms with Gasteiger partial charge in [-0.3, -0.25) is 0 Å². The van der Waals surface area contributed by atoms with Crippen LogP contribution in [0.4, 0.5) is 0 Å². The number of hydrogen-bond acceptors (Lipinski definition) is 6. The smallest absolute Gasteiger partial charge is 0.365 e. The van der Waals surface area contributed by atoms with Crippen molar-refractivity contribution in [2.75, 3.05) is 5.75 Å². The van der Waals surface area contributed by atoms with Crippen molar-refractivity contribution in [3.63, 3.8) is 0 Å². The van der Waals surface area contributed by atoms with E-state index in [1.54, 1.807) is 25.2 Å². The van der Waals surface area contributed by atoms with Gasteiger partial charge in [-0.2, -0.15) is 12.6 Å². The molecule has 0 spiro atoms. The summed E-state index contributed by atoms with van der Waals surface area (Å²) in [4.78, 5) is 16.4. The van der Waals surface area contributed by atoms with Gasteiger partial charge < -0.3 is 15.1 Å². The summed E-state index contributed by atoms with van der Waals surface area (Å²) >= 11 is 4.07. The van der Waals surface area contributed by atoms with Gasteiger partial charge in [-0.1, -0.05) is 23.4 Å². The van der Waals surface area contributed by atoms with E-state index in [-0.39, 0.29) is 11.3 Å². The molecule has 1 unspecified atom stereocenters. The standard InChI is InChI=1S/C15H17NO4S/c1-11(17)2-3-12(8-9-21)10-16-20-15(19)13-4-6-14(18)7-5-13/h2-8,10-11,17-18,21H,9H2,1H3/b3-2-,12-8+,16-10+. The van der Waals surface area contributed by atoms with Crippen molar-refractivity contribution < 1.29 is 19.8 Å². The number of carbonyl (C=O) groups is 1. The summed E-state index contributed by atoms with van der Waals surface area (Å²) in [5.41, 5.74) is 0.939. The second-order valence-corrected chi connectivity index (χ2v) is 4.51. The first-order valence-electron chi connectivity index (χ1n) is 6.24. The maximum atomic E-state index is 11.7. The van der Waals surface area contributed by atoms with Gasteiger partial charge in [-0.15, -0.1) is 0 Å². The average Bonchev–Trinajstić information content (AvgIpc) is 2.45. The van der Waals surface area contributed by atoms with Gasteiger partial charge in [0, 0.05) is 5.75 Å². The number of hydrogen-bond donors (Lipinski definition) is 3. The summed E-state index contributed by atoms with van der Waals surface area (Å²) < 4.78 is 0. The lowest BCUT2D eigenvalue weighted by Gasteiger charge is -1.99. The molecule has 0 fully saturated rings. The molecule has 2 N–H and O–H groups in total. The molecule has 112 valence electrons. The molecule has 0 aliphatic carbocycles. The number of nitrogens with zero attached hydrogens (tertiary/aromatic N) is 1. The molecule has 5 nitrogen and oxygen atoms in total. The Kier molecular flexibility index (Phi) is 7.28. The van der Waals surface area contributed by atoms with Crippen molar-refractivity contribution in [1.82, 2.24) is 0 Å². The SMILES string of the molecule is CC(O)\C=C/C(/C=N/OC(=O)c1ccc(O)cc1)=C\CS. The third-order valence-corrected chi connectivity index (χ3v) is 2.52. The number of benzene rings is 1. The maximum Gasteiger partial charge on any atom is 0.365 e. The van der Waals surface area contributed by atoms with Gasteiger partial charge in [0.2, 0.25) is 0 Å². The van der Waals surface area contributed by atoms with E-state index >= 15 is 0 Å². The van der Waals surface area contributed by atoms with Crippen LogP contribution in [0, 0.1) is 0 Å². The highest BCUT2D eigenvalue weighted by molar-refractivity contribution is 7.80. The number of aliphatic hydroxyl groups excluding tert-OH is 1. The van der Waals surface area contributed by atoms with Crippen LogP contribution in [-0.4, -0.2) is 34.3 Å². The van der Waals surface area contributed by atoms with Crippen LogP contribution in [0.2, 0.25) is 0 Å². The quantitative estimate of drug-likeness (QED) is 0.248. The van der Waals surface area contributed by atoms with Crippen LogP contribution >= 0.6 is 12.6 Å². The fourth-order valence-electron chi connectivity index (χ4n) is 1.30. The molecule has 0 radical (unpaired) electrons. The summed E-state index contributed by atoms with van der Waals surface area (Å²) in [5.74, 6) is -0.0782. The topological polar surface area (TPSA) is 79.1 Å². The van der Waals surface area contributed by atoms with E-state index in [1.165, 1.54) is 30.5 Å². The number of aromatic hydroxyl groups is 1. The zero-order valence-electron chi connectivity index (χ0n) is 11.5. The van der Waals surface area contributed by atoms with Crippen LogP contribution in [0.5, 0.6) is 5.75 Å². The first-order chi connectivity index (χ1) is 10.0. The number of thiol groups is 1. The van der Waals surface area contributed by atoms with E-state index in [1.807, 2.05) is 0 Å². The Morgan fingerprint density at radius 1 is 1.43 bits per heavy atom. The molecular weight excluding hydrogens is 290 g/mol. The first-order valence-corrected chi connectivity index (χ1v) is 6.87.